The van der Waals surface area contributed by atoms with Crippen LogP contribution in [0.25, 0.3) is 0 Å². The van der Waals surface area contributed by atoms with Crippen LogP contribution in [0.4, 0.5) is 10.1 Å². The molecule has 7 nitrogen and oxygen atoms in total. The van der Waals surface area contributed by atoms with Gasteiger partial charge in [-0.1, -0.05) is 0 Å². The third kappa shape index (κ3) is 3.30. The summed E-state index contributed by atoms with van der Waals surface area (Å²) in [5, 5.41) is 19.4. The minimum atomic E-state index is -1.24. The maximum atomic E-state index is 13.3. The van der Waals surface area contributed by atoms with Crippen LogP contribution in [0.5, 0.6) is 0 Å². The van der Waals surface area contributed by atoms with Gasteiger partial charge in [0.25, 0.3) is 11.2 Å². The molecule has 0 unspecified atom stereocenters. The Morgan fingerprint density at radius 3 is 2.62 bits per heavy atom. The van der Waals surface area contributed by atoms with E-state index in [0.717, 1.165) is 28.8 Å². The van der Waals surface area contributed by atoms with Crippen molar-refractivity contribution in [3.63, 3.8) is 0 Å². The van der Waals surface area contributed by atoms with Crippen molar-refractivity contribution in [3.8, 4) is 0 Å². The molecule has 2 rings (SSSR count). The highest BCUT2D eigenvalue weighted by atomic mass is 19.1. The van der Waals surface area contributed by atoms with E-state index in [1.807, 2.05) is 0 Å². The van der Waals surface area contributed by atoms with E-state index in [1.54, 1.807) is 0 Å². The lowest BCUT2D eigenvalue weighted by atomic mass is 10.2. The number of pyridine rings is 1. The number of hydrogen-bond donors (Lipinski definition) is 1. The van der Waals surface area contributed by atoms with Crippen LogP contribution in [0.2, 0.25) is 0 Å². The van der Waals surface area contributed by atoms with Crippen molar-refractivity contribution in [2.45, 2.75) is 6.54 Å². The van der Waals surface area contributed by atoms with Gasteiger partial charge >= 0.3 is 5.97 Å². The van der Waals surface area contributed by atoms with Gasteiger partial charge in [-0.25, -0.2) is 9.18 Å². The van der Waals surface area contributed by atoms with Crippen LogP contribution in [0.15, 0.2) is 41.3 Å². The predicted octanol–water partition coefficient (Wildman–Crippen LogP) is 1.64. The van der Waals surface area contributed by atoms with E-state index in [4.69, 9.17) is 5.11 Å². The maximum absolute atomic E-state index is 13.3. The molecule has 21 heavy (non-hydrogen) atoms. The highest BCUT2D eigenvalue weighted by Crippen LogP contribution is 2.16. The Labute approximate surface area is 117 Å². The van der Waals surface area contributed by atoms with Crippen LogP contribution in [-0.2, 0) is 6.54 Å². The molecule has 0 saturated heterocycles. The molecule has 0 amide bonds. The zero-order valence-electron chi connectivity index (χ0n) is 10.5. The Morgan fingerprint density at radius 2 is 2.05 bits per heavy atom. The molecule has 0 bridgehead atoms. The molecule has 0 aliphatic rings. The second-order valence-corrected chi connectivity index (χ2v) is 4.26. The molecule has 0 radical (unpaired) electrons. The summed E-state index contributed by atoms with van der Waals surface area (Å²) in [6.07, 6.45) is 1.24. The maximum Gasteiger partial charge on any atom is 0.335 e. The third-order valence-electron chi connectivity index (χ3n) is 2.75. The Morgan fingerprint density at radius 1 is 1.33 bits per heavy atom. The monoisotopic (exact) mass is 292 g/mol. The van der Waals surface area contributed by atoms with Crippen LogP contribution < -0.4 is 5.56 Å². The Kier molecular flexibility index (Phi) is 3.79. The quantitative estimate of drug-likeness (QED) is 0.681. The first-order valence-corrected chi connectivity index (χ1v) is 5.74. The van der Waals surface area contributed by atoms with Gasteiger partial charge in [0.15, 0.2) is 0 Å². The lowest BCUT2D eigenvalue weighted by Crippen LogP contribution is -2.20. The second-order valence-electron chi connectivity index (χ2n) is 4.26. The number of carboxylic acid groups (broad SMARTS) is 1. The summed E-state index contributed by atoms with van der Waals surface area (Å²) in [7, 11) is 0. The molecular formula is C13H9FN2O5. The Balaban J connectivity index is 2.36. The Bertz CT molecular complexity index is 784. The smallest absolute Gasteiger partial charge is 0.335 e. The number of benzene rings is 1. The van der Waals surface area contributed by atoms with Crippen molar-refractivity contribution in [1.82, 2.24) is 4.57 Å². The van der Waals surface area contributed by atoms with Gasteiger partial charge < -0.3 is 9.67 Å². The SMILES string of the molecule is O=C(O)c1ccn(Cc2cc(F)cc([N+](=O)[O-])c2)c(=O)c1. The molecule has 0 spiro atoms. The molecule has 8 heteroatoms. The van der Waals surface area contributed by atoms with Crippen LogP contribution in [-0.4, -0.2) is 20.6 Å². The molecule has 0 saturated carbocycles. The van der Waals surface area contributed by atoms with Crippen LogP contribution in [0.3, 0.4) is 0 Å². The zero-order valence-corrected chi connectivity index (χ0v) is 10.5. The Hall–Kier alpha value is -3.03. The van der Waals surface area contributed by atoms with Gasteiger partial charge in [-0.05, 0) is 17.7 Å². The third-order valence-corrected chi connectivity index (χ3v) is 2.75. The molecule has 1 heterocycles. The number of carbonyl (C=O) groups is 1. The minimum Gasteiger partial charge on any atom is -0.478 e. The lowest BCUT2D eigenvalue weighted by molar-refractivity contribution is -0.385. The highest BCUT2D eigenvalue weighted by Gasteiger charge is 2.11. The van der Waals surface area contributed by atoms with Crippen LogP contribution in [0.1, 0.15) is 15.9 Å². The van der Waals surface area contributed by atoms with Gasteiger partial charge in [0, 0.05) is 18.3 Å². The van der Waals surface area contributed by atoms with E-state index in [1.165, 1.54) is 12.3 Å². The van der Waals surface area contributed by atoms with Crippen molar-refractivity contribution >= 4 is 11.7 Å². The number of hydrogen-bond acceptors (Lipinski definition) is 4. The van der Waals surface area contributed by atoms with E-state index in [9.17, 15) is 24.1 Å². The molecule has 1 aromatic heterocycles. The predicted molar refractivity (Wildman–Crippen MR) is 69.8 cm³/mol. The van der Waals surface area contributed by atoms with Crippen molar-refractivity contribution in [1.29, 1.82) is 0 Å². The minimum absolute atomic E-state index is 0.0999. The summed E-state index contributed by atoms with van der Waals surface area (Å²) in [6, 6.07) is 5.15. The average molecular weight is 292 g/mol. The van der Waals surface area contributed by atoms with Crippen molar-refractivity contribution in [3.05, 3.63) is 73.9 Å². The number of aromatic nitrogens is 1. The van der Waals surface area contributed by atoms with E-state index in [0.29, 0.717) is 0 Å². The lowest BCUT2D eigenvalue weighted by Gasteiger charge is -2.06. The summed E-state index contributed by atoms with van der Waals surface area (Å²) in [5.74, 6) is -2.02. The topological polar surface area (TPSA) is 102 Å². The average Bonchev–Trinajstić information content (AvgIpc) is 2.40. The number of carboxylic acids is 1. The number of non-ortho nitro benzene ring substituents is 1. The molecule has 1 aromatic carbocycles. The van der Waals surface area contributed by atoms with E-state index < -0.39 is 28.0 Å². The number of nitro benzene ring substituents is 1. The molecule has 2 aromatic rings. The normalized spacial score (nSPS) is 10.3. The summed E-state index contributed by atoms with van der Waals surface area (Å²) in [6.45, 7) is -0.0999. The molecule has 0 atom stereocenters. The second kappa shape index (κ2) is 5.53. The first-order chi connectivity index (χ1) is 9.86. The van der Waals surface area contributed by atoms with Gasteiger partial charge in [0.05, 0.1) is 23.1 Å². The standard InChI is InChI=1S/C13H9FN2O5/c14-10-3-8(4-11(6-10)16(20)21)7-15-2-1-9(13(18)19)5-12(15)17/h1-6H,7H2,(H,18,19). The highest BCUT2D eigenvalue weighted by molar-refractivity contribution is 5.87. The number of aromatic carboxylic acids is 1. The zero-order chi connectivity index (χ0) is 15.6. The van der Waals surface area contributed by atoms with E-state index in [2.05, 4.69) is 0 Å². The van der Waals surface area contributed by atoms with E-state index >= 15 is 0 Å². The summed E-state index contributed by atoms with van der Waals surface area (Å²) in [4.78, 5) is 32.4. The summed E-state index contributed by atoms with van der Waals surface area (Å²) >= 11 is 0. The summed E-state index contributed by atoms with van der Waals surface area (Å²) < 4.78 is 14.4. The molecular weight excluding hydrogens is 283 g/mol. The summed E-state index contributed by atoms with van der Waals surface area (Å²) in [5.41, 5.74) is -0.949. The fourth-order valence-corrected chi connectivity index (χ4v) is 1.80. The van der Waals surface area contributed by atoms with Gasteiger partial charge in [-0.2, -0.15) is 0 Å². The molecule has 1 N–H and O–H groups in total. The van der Waals surface area contributed by atoms with E-state index in [-0.39, 0.29) is 17.7 Å². The van der Waals surface area contributed by atoms with Gasteiger partial charge in [0.2, 0.25) is 0 Å². The van der Waals surface area contributed by atoms with Crippen molar-refractivity contribution in [2.75, 3.05) is 0 Å². The van der Waals surface area contributed by atoms with Gasteiger partial charge in [-0.15, -0.1) is 0 Å². The largest absolute Gasteiger partial charge is 0.478 e. The number of nitro groups is 1. The van der Waals surface area contributed by atoms with Crippen molar-refractivity contribution in [2.24, 2.45) is 0 Å². The number of rotatable bonds is 4. The van der Waals surface area contributed by atoms with Crippen LogP contribution >= 0.6 is 0 Å². The molecule has 108 valence electrons. The molecule has 0 aliphatic carbocycles. The van der Waals surface area contributed by atoms with Crippen LogP contribution in [0, 0.1) is 15.9 Å². The number of nitrogens with zero attached hydrogens (tertiary/aromatic N) is 2. The first-order valence-electron chi connectivity index (χ1n) is 5.74. The van der Waals surface area contributed by atoms with Gasteiger partial charge in [0.1, 0.15) is 5.82 Å². The molecule has 0 aliphatic heterocycles. The van der Waals surface area contributed by atoms with Gasteiger partial charge in [-0.3, -0.25) is 14.9 Å². The molecule has 0 fully saturated rings. The fraction of sp³-hybridized carbons (Fsp3) is 0.0769. The fourth-order valence-electron chi connectivity index (χ4n) is 1.80. The first kappa shape index (κ1) is 14.4. The van der Waals surface area contributed by atoms with Crippen molar-refractivity contribution < 1.29 is 19.2 Å². The number of halogens is 1.